The number of aromatic hydroxyl groups is 1. The minimum absolute atomic E-state index is 0.181. The smallest absolute Gasteiger partial charge is 0.406 e. The van der Waals surface area contributed by atoms with Crippen LogP contribution in [0.25, 0.3) is 11.0 Å². The molecule has 7 nitrogen and oxygen atoms in total. The van der Waals surface area contributed by atoms with Gasteiger partial charge < -0.3 is 15.5 Å². The molecule has 3 N–H and O–H groups in total. The summed E-state index contributed by atoms with van der Waals surface area (Å²) in [5.74, 6) is -2.45. The van der Waals surface area contributed by atoms with E-state index in [0.29, 0.717) is 15.7 Å². The van der Waals surface area contributed by atoms with E-state index in [1.54, 1.807) is 0 Å². The Labute approximate surface area is 178 Å². The van der Waals surface area contributed by atoms with Gasteiger partial charge >= 0.3 is 6.18 Å². The number of benzene rings is 1. The van der Waals surface area contributed by atoms with E-state index in [1.165, 1.54) is 43.5 Å². The summed E-state index contributed by atoms with van der Waals surface area (Å²) in [4.78, 5) is 29.2. The standard InChI is InChI=1S/C21H19F4N3O4/c1-11(9-29)27-19(31)16-18(30)17-15(28(20(16)32)10-21(23,24)25)7-13(8-26-17)6-12-2-4-14(22)5-3-12/h2-5,7-8,11,29-30H,6,9-10H2,1H3,(H,27,31). The second-order valence-corrected chi connectivity index (χ2v) is 7.30. The summed E-state index contributed by atoms with van der Waals surface area (Å²) in [5.41, 5.74) is -1.87. The second kappa shape index (κ2) is 8.95. The lowest BCUT2D eigenvalue weighted by atomic mass is 10.1. The molecule has 0 radical (unpaired) electrons. The molecule has 3 rings (SSSR count). The number of amides is 1. The van der Waals surface area contributed by atoms with Crippen molar-refractivity contribution in [2.75, 3.05) is 6.61 Å². The number of halogens is 4. The molecular weight excluding hydrogens is 434 g/mol. The number of carbonyl (C=O) groups is 1. The molecule has 170 valence electrons. The lowest BCUT2D eigenvalue weighted by Gasteiger charge is -2.17. The van der Waals surface area contributed by atoms with Crippen LogP contribution in [0.3, 0.4) is 0 Å². The Morgan fingerprint density at radius 1 is 1.22 bits per heavy atom. The van der Waals surface area contributed by atoms with E-state index < -0.39 is 54.0 Å². The van der Waals surface area contributed by atoms with Gasteiger partial charge in [0.25, 0.3) is 11.5 Å². The monoisotopic (exact) mass is 453 g/mol. The highest BCUT2D eigenvalue weighted by Gasteiger charge is 2.32. The topological polar surface area (TPSA) is 104 Å². The van der Waals surface area contributed by atoms with Crippen LogP contribution in [0.15, 0.2) is 41.3 Å². The Kier molecular flexibility index (Phi) is 6.49. The third-order valence-corrected chi connectivity index (χ3v) is 4.67. The number of fused-ring (bicyclic) bond motifs is 1. The fourth-order valence-corrected chi connectivity index (χ4v) is 3.16. The molecule has 1 unspecified atom stereocenters. The predicted molar refractivity (Wildman–Crippen MR) is 107 cm³/mol. The summed E-state index contributed by atoms with van der Waals surface area (Å²) < 4.78 is 53.1. The molecule has 0 saturated heterocycles. The zero-order valence-corrected chi connectivity index (χ0v) is 16.8. The van der Waals surface area contributed by atoms with Gasteiger partial charge in [-0.05, 0) is 42.7 Å². The number of rotatable bonds is 6. The molecule has 0 bridgehead atoms. The maximum absolute atomic E-state index is 13.2. The van der Waals surface area contributed by atoms with Crippen LogP contribution in [-0.4, -0.2) is 44.5 Å². The third kappa shape index (κ3) is 5.05. The molecule has 0 aliphatic carbocycles. The number of alkyl halides is 3. The van der Waals surface area contributed by atoms with Crippen molar-refractivity contribution >= 4 is 16.9 Å². The number of nitrogens with zero attached hydrogens (tertiary/aromatic N) is 2. The van der Waals surface area contributed by atoms with E-state index in [9.17, 15) is 32.3 Å². The molecule has 32 heavy (non-hydrogen) atoms. The summed E-state index contributed by atoms with van der Waals surface area (Å²) in [6, 6.07) is 5.90. The number of nitrogens with one attached hydrogen (secondary N) is 1. The van der Waals surface area contributed by atoms with Crippen molar-refractivity contribution in [1.82, 2.24) is 14.9 Å². The van der Waals surface area contributed by atoms with Crippen molar-refractivity contribution in [3.63, 3.8) is 0 Å². The van der Waals surface area contributed by atoms with E-state index in [1.807, 2.05) is 0 Å². The Bertz CT molecular complexity index is 1210. The lowest BCUT2D eigenvalue weighted by Crippen LogP contribution is -2.40. The molecule has 1 atom stereocenters. The number of carbonyl (C=O) groups excluding carboxylic acids is 1. The molecule has 0 spiro atoms. The van der Waals surface area contributed by atoms with Gasteiger partial charge in [-0.2, -0.15) is 13.2 Å². The first-order valence-electron chi connectivity index (χ1n) is 9.47. The van der Waals surface area contributed by atoms with Crippen molar-refractivity contribution in [2.24, 2.45) is 0 Å². The van der Waals surface area contributed by atoms with Gasteiger partial charge in [0.05, 0.1) is 12.1 Å². The van der Waals surface area contributed by atoms with Gasteiger partial charge in [0, 0.05) is 12.2 Å². The molecule has 0 aliphatic heterocycles. The molecule has 1 amide bonds. The van der Waals surface area contributed by atoms with Crippen molar-refractivity contribution in [3.8, 4) is 5.75 Å². The van der Waals surface area contributed by atoms with E-state index in [-0.39, 0.29) is 17.5 Å². The zero-order valence-electron chi connectivity index (χ0n) is 16.8. The van der Waals surface area contributed by atoms with Crippen molar-refractivity contribution in [1.29, 1.82) is 0 Å². The Balaban J connectivity index is 2.17. The highest BCUT2D eigenvalue weighted by Crippen LogP contribution is 2.28. The molecule has 0 fully saturated rings. The molecule has 2 heterocycles. The summed E-state index contributed by atoms with van der Waals surface area (Å²) in [6.07, 6.45) is -3.33. The van der Waals surface area contributed by atoms with Crippen molar-refractivity contribution in [3.05, 3.63) is 69.4 Å². The van der Waals surface area contributed by atoms with Crippen molar-refractivity contribution in [2.45, 2.75) is 32.1 Å². The first-order chi connectivity index (χ1) is 15.0. The fraction of sp³-hybridized carbons (Fsp3) is 0.286. The Hall–Kier alpha value is -3.47. The maximum Gasteiger partial charge on any atom is 0.406 e. The van der Waals surface area contributed by atoms with Crippen LogP contribution in [0.5, 0.6) is 5.75 Å². The van der Waals surface area contributed by atoms with E-state index in [0.717, 1.165) is 0 Å². The second-order valence-electron chi connectivity index (χ2n) is 7.30. The first-order valence-corrected chi connectivity index (χ1v) is 9.47. The SMILES string of the molecule is CC(CO)NC(=O)c1c(O)c2ncc(Cc3ccc(F)cc3)cc2n(CC(F)(F)F)c1=O. The van der Waals surface area contributed by atoms with Crippen molar-refractivity contribution < 1.29 is 32.6 Å². The fourth-order valence-electron chi connectivity index (χ4n) is 3.16. The zero-order chi connectivity index (χ0) is 23.6. The van der Waals surface area contributed by atoms with Crippen LogP contribution in [0.4, 0.5) is 17.6 Å². The van der Waals surface area contributed by atoms with Gasteiger partial charge in [-0.1, -0.05) is 12.1 Å². The number of hydrogen-bond donors (Lipinski definition) is 3. The maximum atomic E-state index is 13.2. The highest BCUT2D eigenvalue weighted by molar-refractivity contribution is 6.01. The summed E-state index contributed by atoms with van der Waals surface area (Å²) in [6.45, 7) is -0.786. The number of aliphatic hydroxyl groups is 1. The van der Waals surface area contributed by atoms with Crippen LogP contribution in [0, 0.1) is 5.82 Å². The van der Waals surface area contributed by atoms with E-state index >= 15 is 0 Å². The van der Waals surface area contributed by atoms with E-state index in [2.05, 4.69) is 10.3 Å². The van der Waals surface area contributed by atoms with Gasteiger partial charge in [-0.15, -0.1) is 0 Å². The van der Waals surface area contributed by atoms with Crippen LogP contribution >= 0.6 is 0 Å². The molecular formula is C21H19F4N3O4. The van der Waals surface area contributed by atoms with Gasteiger partial charge in [0.2, 0.25) is 0 Å². The van der Waals surface area contributed by atoms with Crippen LogP contribution in [0.2, 0.25) is 0 Å². The Morgan fingerprint density at radius 3 is 2.47 bits per heavy atom. The first kappa shape index (κ1) is 23.2. The number of aliphatic hydroxyl groups excluding tert-OH is 1. The number of aromatic nitrogens is 2. The number of hydrogen-bond acceptors (Lipinski definition) is 5. The number of pyridine rings is 2. The van der Waals surface area contributed by atoms with Crippen LogP contribution in [-0.2, 0) is 13.0 Å². The molecule has 0 aliphatic rings. The minimum Gasteiger partial charge on any atom is -0.505 e. The largest absolute Gasteiger partial charge is 0.505 e. The summed E-state index contributed by atoms with van der Waals surface area (Å²) in [7, 11) is 0. The predicted octanol–water partition coefficient (Wildman–Crippen LogP) is 2.50. The molecule has 0 saturated carbocycles. The van der Waals surface area contributed by atoms with Crippen LogP contribution in [0.1, 0.15) is 28.4 Å². The minimum atomic E-state index is -4.80. The van der Waals surface area contributed by atoms with Gasteiger partial charge in [0.15, 0.2) is 5.75 Å². The lowest BCUT2D eigenvalue weighted by molar-refractivity contribution is -0.140. The molecule has 3 aromatic rings. The quantitative estimate of drug-likeness (QED) is 0.498. The van der Waals surface area contributed by atoms with Gasteiger partial charge in [-0.3, -0.25) is 19.1 Å². The molecule has 1 aromatic carbocycles. The molecule has 2 aromatic heterocycles. The highest BCUT2D eigenvalue weighted by atomic mass is 19.4. The summed E-state index contributed by atoms with van der Waals surface area (Å²) >= 11 is 0. The normalized spacial score (nSPS) is 12.7. The van der Waals surface area contributed by atoms with Gasteiger partial charge in [-0.25, -0.2) is 4.39 Å². The molecule has 11 heteroatoms. The van der Waals surface area contributed by atoms with Crippen LogP contribution < -0.4 is 10.9 Å². The van der Waals surface area contributed by atoms with E-state index in [4.69, 9.17) is 5.11 Å². The average Bonchev–Trinajstić information content (AvgIpc) is 2.72. The summed E-state index contributed by atoms with van der Waals surface area (Å²) in [5, 5.41) is 21.8. The Morgan fingerprint density at radius 2 is 1.88 bits per heavy atom. The average molecular weight is 453 g/mol. The third-order valence-electron chi connectivity index (χ3n) is 4.67. The van der Waals surface area contributed by atoms with Gasteiger partial charge in [0.1, 0.15) is 23.4 Å².